The van der Waals surface area contributed by atoms with Gasteiger partial charge in [-0.25, -0.2) is 0 Å². The topological polar surface area (TPSA) is 87.7 Å². The third-order valence-corrected chi connectivity index (χ3v) is 3.06. The van der Waals surface area contributed by atoms with Crippen molar-refractivity contribution in [3.8, 4) is 0 Å². The first-order valence-corrected chi connectivity index (χ1v) is 9.03. The number of carboxylic acids is 1. The van der Waals surface area contributed by atoms with E-state index < -0.39 is 5.97 Å². The molecule has 0 aromatic rings. The van der Waals surface area contributed by atoms with E-state index in [1.54, 1.807) is 0 Å². The Morgan fingerprint density at radius 2 is 0.913 bits per heavy atom. The van der Waals surface area contributed by atoms with Crippen molar-refractivity contribution in [2.24, 2.45) is 0 Å². The molecular weight excluding hydrogens is 384 g/mol. The predicted octanol–water partition coefficient (Wildman–Crippen LogP) is 5.55. The Morgan fingerprint density at radius 1 is 0.696 bits per heavy atom. The normalized spacial score (nSPS) is 8.91. The Labute approximate surface area is 160 Å². The molecule has 5 heteroatoms. The molecule has 0 unspecified atom stereocenters. The SMILES string of the molecule is CC(=O)[O-].CCCCCCCC[NH-].CCCCCCCC[NH-].[Ag+]. The first-order chi connectivity index (χ1) is 10.6. The van der Waals surface area contributed by atoms with Crippen LogP contribution in [0.4, 0.5) is 0 Å². The van der Waals surface area contributed by atoms with Crippen molar-refractivity contribution in [2.75, 3.05) is 13.1 Å². The number of rotatable bonds is 12. The minimum absolute atomic E-state index is 0. The zero-order valence-corrected chi connectivity index (χ0v) is 17.0. The molecule has 0 fully saturated rings. The zero-order valence-electron chi connectivity index (χ0n) is 15.5. The minimum atomic E-state index is -1.08. The predicted molar refractivity (Wildman–Crippen MR) is 95.8 cm³/mol. The maximum Gasteiger partial charge on any atom is 1.00 e. The first kappa shape index (κ1) is 31.0. The van der Waals surface area contributed by atoms with E-state index in [4.69, 9.17) is 21.4 Å². The largest absolute Gasteiger partial charge is 1.00 e. The summed E-state index contributed by atoms with van der Waals surface area (Å²) in [6, 6.07) is 0. The van der Waals surface area contributed by atoms with Crippen LogP contribution in [-0.4, -0.2) is 19.1 Å². The molecule has 146 valence electrons. The van der Waals surface area contributed by atoms with E-state index in [0.717, 1.165) is 19.8 Å². The van der Waals surface area contributed by atoms with E-state index in [-0.39, 0.29) is 22.4 Å². The van der Waals surface area contributed by atoms with Crippen LogP contribution in [0.2, 0.25) is 0 Å². The van der Waals surface area contributed by atoms with Crippen molar-refractivity contribution in [3.63, 3.8) is 0 Å². The number of unbranched alkanes of at least 4 members (excludes halogenated alkanes) is 10. The summed E-state index contributed by atoms with van der Waals surface area (Å²) in [5, 5.41) is 8.89. The molecule has 0 saturated carbocycles. The zero-order chi connectivity index (χ0) is 17.5. The van der Waals surface area contributed by atoms with Crippen molar-refractivity contribution >= 4 is 5.97 Å². The van der Waals surface area contributed by atoms with Gasteiger partial charge in [-0.15, -0.1) is 0 Å². The third kappa shape index (κ3) is 60.9. The van der Waals surface area contributed by atoms with Crippen molar-refractivity contribution in [3.05, 3.63) is 11.5 Å². The van der Waals surface area contributed by atoms with Gasteiger partial charge in [-0.1, -0.05) is 90.9 Å². The number of nitrogens with one attached hydrogen (secondary N) is 2. The Hall–Kier alpha value is 0.130. The van der Waals surface area contributed by atoms with Gasteiger partial charge in [-0.2, -0.15) is 13.1 Å². The fourth-order valence-electron chi connectivity index (χ4n) is 1.81. The average molecular weight is 423 g/mol. The summed E-state index contributed by atoms with van der Waals surface area (Å²) >= 11 is 0. The Morgan fingerprint density at radius 3 is 1.13 bits per heavy atom. The van der Waals surface area contributed by atoms with E-state index in [1.165, 1.54) is 64.2 Å². The van der Waals surface area contributed by atoms with Crippen LogP contribution in [0.25, 0.3) is 11.5 Å². The molecule has 4 nitrogen and oxygen atoms in total. The fourth-order valence-corrected chi connectivity index (χ4v) is 1.81. The summed E-state index contributed by atoms with van der Waals surface area (Å²) in [5.74, 6) is -1.08. The Bertz CT molecular complexity index is 164. The molecule has 0 atom stereocenters. The van der Waals surface area contributed by atoms with Gasteiger partial charge in [0.2, 0.25) is 0 Å². The summed E-state index contributed by atoms with van der Waals surface area (Å²) in [7, 11) is 0. The molecule has 0 aromatic heterocycles. The Balaban J connectivity index is -0.000000124. The third-order valence-electron chi connectivity index (χ3n) is 3.06. The van der Waals surface area contributed by atoms with Crippen LogP contribution in [0.1, 0.15) is 97.8 Å². The van der Waals surface area contributed by atoms with Gasteiger partial charge in [0.1, 0.15) is 0 Å². The molecular formula is C18H39AgN2O2-2. The van der Waals surface area contributed by atoms with Gasteiger partial charge in [-0.3, -0.25) is 0 Å². The van der Waals surface area contributed by atoms with Crippen molar-refractivity contribution in [2.45, 2.75) is 97.8 Å². The first-order valence-electron chi connectivity index (χ1n) is 9.03. The van der Waals surface area contributed by atoms with Crippen LogP contribution in [-0.2, 0) is 27.2 Å². The van der Waals surface area contributed by atoms with E-state index in [0.29, 0.717) is 13.1 Å². The second-order valence-electron chi connectivity index (χ2n) is 5.53. The second kappa shape index (κ2) is 33.7. The second-order valence-corrected chi connectivity index (χ2v) is 5.53. The summed E-state index contributed by atoms with van der Waals surface area (Å²) in [4.78, 5) is 8.89. The van der Waals surface area contributed by atoms with Gasteiger partial charge in [0, 0.05) is 5.97 Å². The molecule has 0 spiro atoms. The van der Waals surface area contributed by atoms with E-state index in [9.17, 15) is 0 Å². The van der Waals surface area contributed by atoms with Crippen LogP contribution in [0.3, 0.4) is 0 Å². The van der Waals surface area contributed by atoms with Gasteiger partial charge in [0.15, 0.2) is 0 Å². The molecule has 0 rings (SSSR count). The molecule has 23 heavy (non-hydrogen) atoms. The molecule has 0 aliphatic heterocycles. The number of carbonyl (C=O) groups excluding carboxylic acids is 1. The van der Waals surface area contributed by atoms with E-state index in [1.807, 2.05) is 0 Å². The van der Waals surface area contributed by atoms with Crippen LogP contribution < -0.4 is 5.11 Å². The summed E-state index contributed by atoms with van der Waals surface area (Å²) < 4.78 is 0. The molecule has 0 radical (unpaired) electrons. The van der Waals surface area contributed by atoms with Crippen LogP contribution in [0.5, 0.6) is 0 Å². The van der Waals surface area contributed by atoms with Crippen molar-refractivity contribution in [1.29, 1.82) is 0 Å². The molecule has 0 aliphatic rings. The summed E-state index contributed by atoms with van der Waals surface area (Å²) in [6.45, 7) is 6.66. The standard InChI is InChI=1S/2C8H18N.C2H4O2.Ag/c2*1-2-3-4-5-6-7-8-9;1-2(3)4;/h2*9H,2-8H2,1H3;1H3,(H,3,4);/q2*-1;;+1/p-1. The number of hydrogen-bond acceptors (Lipinski definition) is 2. The van der Waals surface area contributed by atoms with Crippen LogP contribution >= 0.6 is 0 Å². The van der Waals surface area contributed by atoms with Gasteiger partial charge in [0.05, 0.1) is 0 Å². The van der Waals surface area contributed by atoms with Gasteiger partial charge < -0.3 is 21.4 Å². The van der Waals surface area contributed by atoms with Crippen LogP contribution in [0, 0.1) is 0 Å². The monoisotopic (exact) mass is 422 g/mol. The van der Waals surface area contributed by atoms with Crippen molar-refractivity contribution < 1.29 is 32.3 Å². The molecule has 0 aromatic carbocycles. The number of aliphatic carboxylic acids is 1. The van der Waals surface area contributed by atoms with Crippen molar-refractivity contribution in [1.82, 2.24) is 0 Å². The number of hydrogen-bond donors (Lipinski definition) is 0. The van der Waals surface area contributed by atoms with E-state index in [2.05, 4.69) is 13.8 Å². The van der Waals surface area contributed by atoms with Gasteiger partial charge in [0.25, 0.3) is 0 Å². The van der Waals surface area contributed by atoms with Gasteiger partial charge in [-0.05, 0) is 6.92 Å². The Kier molecular flexibility index (Phi) is 45.3. The maximum atomic E-state index is 8.89. The minimum Gasteiger partial charge on any atom is -0.677 e. The number of carbonyl (C=O) groups is 1. The van der Waals surface area contributed by atoms with E-state index >= 15 is 0 Å². The average Bonchev–Trinajstić information content (AvgIpc) is 2.47. The van der Waals surface area contributed by atoms with Gasteiger partial charge >= 0.3 is 22.4 Å². The molecule has 0 saturated heterocycles. The molecule has 0 bridgehead atoms. The fraction of sp³-hybridized carbons (Fsp3) is 0.944. The number of carboxylic acid groups (broad SMARTS) is 1. The maximum absolute atomic E-state index is 8.89. The summed E-state index contributed by atoms with van der Waals surface area (Å²) in [5.41, 5.74) is 13.8. The summed E-state index contributed by atoms with van der Waals surface area (Å²) in [6.07, 6.45) is 15.5. The quantitative estimate of drug-likeness (QED) is 0.304. The molecule has 0 amide bonds. The molecule has 2 N–H and O–H groups in total. The smallest absolute Gasteiger partial charge is 0.677 e. The van der Waals surface area contributed by atoms with Crippen LogP contribution in [0.15, 0.2) is 0 Å². The molecule has 0 aliphatic carbocycles. The molecule has 0 heterocycles.